The van der Waals surface area contributed by atoms with Gasteiger partial charge in [-0.3, -0.25) is 0 Å². The van der Waals surface area contributed by atoms with E-state index in [1.54, 1.807) is 23.7 Å². The van der Waals surface area contributed by atoms with Crippen LogP contribution in [0.5, 0.6) is 5.75 Å². The van der Waals surface area contributed by atoms with Gasteiger partial charge in [0.1, 0.15) is 29.9 Å². The highest BCUT2D eigenvalue weighted by Crippen LogP contribution is 2.34. The number of aromatic nitrogens is 2. The third-order valence-corrected chi connectivity index (χ3v) is 8.11. The Morgan fingerprint density at radius 3 is 2.52 bits per heavy atom. The van der Waals surface area contributed by atoms with Crippen LogP contribution in [0.4, 0.5) is 0 Å². The lowest BCUT2D eigenvalue weighted by Gasteiger charge is -2.15. The molecule has 1 aromatic heterocycles. The maximum Gasteiger partial charge on any atom is 0.178 e. The van der Waals surface area contributed by atoms with Crippen molar-refractivity contribution in [1.82, 2.24) is 9.78 Å². The first-order valence-corrected chi connectivity index (χ1v) is 14.9. The summed E-state index contributed by atoms with van der Waals surface area (Å²) in [5, 5.41) is 14.1. The Labute approximate surface area is 174 Å². The van der Waals surface area contributed by atoms with Gasteiger partial charge in [-0.15, -0.1) is 0 Å². The normalized spacial score (nSPS) is 12.0. The molecule has 0 bridgehead atoms. The maximum absolute atomic E-state index is 12.2. The number of rotatable bonds is 9. The summed E-state index contributed by atoms with van der Waals surface area (Å²) < 4.78 is 37.1. The number of sulfone groups is 1. The van der Waals surface area contributed by atoms with Gasteiger partial charge in [0.2, 0.25) is 0 Å². The molecule has 2 rings (SSSR count). The molecular weight excluding hydrogens is 406 g/mol. The number of nitriles is 1. The second-order valence-electron chi connectivity index (χ2n) is 8.05. The van der Waals surface area contributed by atoms with E-state index in [1.807, 2.05) is 6.92 Å². The predicted octanol–water partition coefficient (Wildman–Crippen LogP) is 3.84. The first kappa shape index (κ1) is 23.1. The summed E-state index contributed by atoms with van der Waals surface area (Å²) in [7, 11) is -3.06. The largest absolute Gasteiger partial charge is 0.496 e. The number of methoxy groups -OCH3 is 1. The first-order valence-electron chi connectivity index (χ1n) is 9.50. The smallest absolute Gasteiger partial charge is 0.178 e. The molecular formula is C20H29N3O4SSi. The SMILES string of the molecule is CCS(=O)(=O)c1ccc(-c2nn(COCC[Si](C)(C)C)c(C#N)c2C)c(OC)c1. The van der Waals surface area contributed by atoms with Gasteiger partial charge in [-0.25, -0.2) is 13.1 Å². The Bertz CT molecular complexity index is 1020. The molecule has 0 spiro atoms. The zero-order chi connectivity index (χ0) is 21.8. The summed E-state index contributed by atoms with van der Waals surface area (Å²) >= 11 is 0. The molecule has 0 aliphatic rings. The molecule has 0 amide bonds. The molecule has 158 valence electrons. The molecule has 0 saturated carbocycles. The molecule has 0 saturated heterocycles. The van der Waals surface area contributed by atoms with E-state index < -0.39 is 17.9 Å². The molecule has 1 aromatic carbocycles. The van der Waals surface area contributed by atoms with Crippen LogP contribution in [0, 0.1) is 18.3 Å². The van der Waals surface area contributed by atoms with Crippen molar-refractivity contribution in [2.75, 3.05) is 19.5 Å². The van der Waals surface area contributed by atoms with E-state index >= 15 is 0 Å². The Morgan fingerprint density at radius 2 is 1.97 bits per heavy atom. The molecule has 0 N–H and O–H groups in total. The fraction of sp³-hybridized carbons (Fsp3) is 0.500. The maximum atomic E-state index is 12.2. The molecule has 29 heavy (non-hydrogen) atoms. The van der Waals surface area contributed by atoms with Crippen molar-refractivity contribution in [3.05, 3.63) is 29.5 Å². The van der Waals surface area contributed by atoms with Crippen LogP contribution in [0.15, 0.2) is 23.1 Å². The van der Waals surface area contributed by atoms with Crippen LogP contribution in [-0.2, 0) is 21.3 Å². The van der Waals surface area contributed by atoms with Crippen molar-refractivity contribution < 1.29 is 17.9 Å². The Hall–Kier alpha value is -2.15. The number of ether oxygens (including phenoxy) is 2. The van der Waals surface area contributed by atoms with Crippen LogP contribution in [0.3, 0.4) is 0 Å². The van der Waals surface area contributed by atoms with Gasteiger partial charge in [-0.2, -0.15) is 10.4 Å². The summed E-state index contributed by atoms with van der Waals surface area (Å²) in [5.74, 6) is 0.410. The highest BCUT2D eigenvalue weighted by molar-refractivity contribution is 7.91. The molecule has 0 aliphatic heterocycles. The second-order valence-corrected chi connectivity index (χ2v) is 15.9. The van der Waals surface area contributed by atoms with E-state index in [-0.39, 0.29) is 17.4 Å². The van der Waals surface area contributed by atoms with Gasteiger partial charge in [-0.05, 0) is 31.2 Å². The monoisotopic (exact) mass is 435 g/mol. The number of hydrogen-bond acceptors (Lipinski definition) is 6. The molecule has 0 unspecified atom stereocenters. The van der Waals surface area contributed by atoms with Gasteiger partial charge in [0.05, 0.1) is 17.8 Å². The fourth-order valence-electron chi connectivity index (χ4n) is 2.80. The fourth-order valence-corrected chi connectivity index (χ4v) is 4.45. The van der Waals surface area contributed by atoms with Gasteiger partial charge in [0.25, 0.3) is 0 Å². The standard InChI is InChI=1S/C20H29N3O4SSi/c1-7-28(24,25)16-8-9-17(19(12-16)26-3)20-15(2)18(13-21)23(22-20)14-27-10-11-29(4,5)6/h8-9,12H,7,10-11,14H2,1-6H3. The van der Waals surface area contributed by atoms with Gasteiger partial charge < -0.3 is 9.47 Å². The average Bonchev–Trinajstić information content (AvgIpc) is 2.99. The number of benzene rings is 1. The van der Waals surface area contributed by atoms with E-state index in [4.69, 9.17) is 9.47 Å². The summed E-state index contributed by atoms with van der Waals surface area (Å²) in [6, 6.07) is 7.94. The highest BCUT2D eigenvalue weighted by Gasteiger charge is 2.21. The molecule has 7 nitrogen and oxygen atoms in total. The van der Waals surface area contributed by atoms with Crippen molar-refractivity contribution >= 4 is 17.9 Å². The Kier molecular flexibility index (Phi) is 7.27. The van der Waals surface area contributed by atoms with Gasteiger partial charge >= 0.3 is 0 Å². The minimum absolute atomic E-state index is 0.0104. The van der Waals surface area contributed by atoms with Crippen LogP contribution >= 0.6 is 0 Å². The third-order valence-electron chi connectivity index (χ3n) is 4.67. The zero-order valence-electron chi connectivity index (χ0n) is 17.9. The predicted molar refractivity (Wildman–Crippen MR) is 115 cm³/mol. The Balaban J connectivity index is 2.38. The lowest BCUT2D eigenvalue weighted by molar-refractivity contribution is 0.0780. The van der Waals surface area contributed by atoms with E-state index in [2.05, 4.69) is 30.8 Å². The highest BCUT2D eigenvalue weighted by atomic mass is 32.2. The summed E-state index contributed by atoms with van der Waals surface area (Å²) in [5.41, 5.74) is 2.33. The van der Waals surface area contributed by atoms with Gasteiger partial charge in [-0.1, -0.05) is 26.6 Å². The average molecular weight is 436 g/mol. The Morgan fingerprint density at radius 1 is 1.28 bits per heavy atom. The topological polar surface area (TPSA) is 94.2 Å². The molecule has 0 fully saturated rings. The van der Waals surface area contributed by atoms with Crippen LogP contribution in [-0.4, -0.2) is 45.7 Å². The van der Waals surface area contributed by atoms with E-state index in [0.29, 0.717) is 34.9 Å². The van der Waals surface area contributed by atoms with Crippen LogP contribution < -0.4 is 4.74 Å². The van der Waals surface area contributed by atoms with Crippen molar-refractivity contribution in [2.45, 2.75) is 51.2 Å². The first-order chi connectivity index (χ1) is 13.5. The third kappa shape index (κ3) is 5.47. The molecule has 0 radical (unpaired) electrons. The quantitative estimate of drug-likeness (QED) is 0.439. The van der Waals surface area contributed by atoms with E-state index in [0.717, 1.165) is 6.04 Å². The minimum atomic E-state index is -3.35. The summed E-state index contributed by atoms with van der Waals surface area (Å²) in [6.07, 6.45) is 0. The van der Waals surface area contributed by atoms with Crippen molar-refractivity contribution in [3.8, 4) is 23.1 Å². The molecule has 2 aromatic rings. The van der Waals surface area contributed by atoms with Crippen LogP contribution in [0.1, 0.15) is 18.2 Å². The van der Waals surface area contributed by atoms with E-state index in [9.17, 15) is 13.7 Å². The number of nitrogens with zero attached hydrogens (tertiary/aromatic N) is 3. The van der Waals surface area contributed by atoms with Crippen molar-refractivity contribution in [1.29, 1.82) is 5.26 Å². The zero-order valence-corrected chi connectivity index (χ0v) is 19.8. The molecule has 1 heterocycles. The molecule has 9 heteroatoms. The van der Waals surface area contributed by atoms with Gasteiger partial charge in [0, 0.05) is 25.8 Å². The second kappa shape index (κ2) is 9.11. The lowest BCUT2D eigenvalue weighted by atomic mass is 10.1. The van der Waals surface area contributed by atoms with Gasteiger partial charge in [0.15, 0.2) is 9.84 Å². The minimum Gasteiger partial charge on any atom is -0.496 e. The molecule has 0 aliphatic carbocycles. The van der Waals surface area contributed by atoms with Crippen LogP contribution in [0.2, 0.25) is 25.7 Å². The van der Waals surface area contributed by atoms with E-state index in [1.165, 1.54) is 13.2 Å². The van der Waals surface area contributed by atoms with Crippen molar-refractivity contribution in [2.24, 2.45) is 0 Å². The summed E-state index contributed by atoms with van der Waals surface area (Å²) in [4.78, 5) is 0.202. The molecule has 0 atom stereocenters. The lowest BCUT2D eigenvalue weighted by Crippen LogP contribution is -2.22. The van der Waals surface area contributed by atoms with Crippen molar-refractivity contribution in [3.63, 3.8) is 0 Å². The van der Waals surface area contributed by atoms with Crippen LogP contribution in [0.25, 0.3) is 11.3 Å². The summed E-state index contributed by atoms with van der Waals surface area (Å²) in [6.45, 7) is 11.1. The number of hydrogen-bond donors (Lipinski definition) is 0.